The minimum Gasteiger partial charge on any atom is -0.356 e. The highest BCUT2D eigenvalue weighted by Crippen LogP contribution is 2.17. The zero-order chi connectivity index (χ0) is 14.2. The first kappa shape index (κ1) is 14.7. The minimum atomic E-state index is 0.128. The van der Waals surface area contributed by atoms with Crippen LogP contribution in [0.1, 0.15) is 36.9 Å². The van der Waals surface area contributed by atoms with Crippen LogP contribution in [0.4, 0.5) is 0 Å². The summed E-state index contributed by atoms with van der Waals surface area (Å²) in [6, 6.07) is 7.99. The van der Waals surface area contributed by atoms with E-state index in [9.17, 15) is 4.79 Å². The van der Waals surface area contributed by atoms with Crippen molar-refractivity contribution in [2.24, 2.45) is 0 Å². The van der Waals surface area contributed by atoms with Gasteiger partial charge < -0.3 is 5.32 Å². The SMILES string of the molecule is CC(CNC(=O)CCCc1ccccn1)c1ccsc1. The molecule has 20 heavy (non-hydrogen) atoms. The van der Waals surface area contributed by atoms with Gasteiger partial charge in [0, 0.05) is 24.9 Å². The molecule has 2 rings (SSSR count). The molecule has 2 aromatic rings. The Morgan fingerprint density at radius 2 is 2.30 bits per heavy atom. The molecule has 2 heterocycles. The fourth-order valence-corrected chi connectivity index (χ4v) is 2.79. The number of thiophene rings is 1. The first-order valence-electron chi connectivity index (χ1n) is 6.94. The summed E-state index contributed by atoms with van der Waals surface area (Å²) in [6.07, 6.45) is 4.05. The van der Waals surface area contributed by atoms with Gasteiger partial charge in [0.2, 0.25) is 5.91 Å². The molecule has 106 valence electrons. The molecule has 0 saturated heterocycles. The summed E-state index contributed by atoms with van der Waals surface area (Å²) in [7, 11) is 0. The molecule has 0 aliphatic rings. The molecule has 0 aliphatic heterocycles. The molecule has 0 spiro atoms. The number of aryl methyl sites for hydroxylation is 1. The van der Waals surface area contributed by atoms with Crippen LogP contribution in [0.15, 0.2) is 41.2 Å². The van der Waals surface area contributed by atoms with Gasteiger partial charge >= 0.3 is 0 Å². The van der Waals surface area contributed by atoms with Gasteiger partial charge in [-0.2, -0.15) is 11.3 Å². The Labute approximate surface area is 124 Å². The predicted octanol–water partition coefficient (Wildman–Crippen LogP) is 3.39. The number of carbonyl (C=O) groups is 1. The van der Waals surface area contributed by atoms with Crippen molar-refractivity contribution in [1.82, 2.24) is 10.3 Å². The zero-order valence-electron chi connectivity index (χ0n) is 11.7. The zero-order valence-corrected chi connectivity index (χ0v) is 12.5. The Bertz CT molecular complexity index is 511. The van der Waals surface area contributed by atoms with E-state index in [0.29, 0.717) is 18.9 Å². The molecule has 2 aromatic heterocycles. The number of amides is 1. The van der Waals surface area contributed by atoms with E-state index in [-0.39, 0.29) is 5.91 Å². The van der Waals surface area contributed by atoms with Crippen LogP contribution in [0.2, 0.25) is 0 Å². The smallest absolute Gasteiger partial charge is 0.220 e. The molecule has 1 N–H and O–H groups in total. The summed E-state index contributed by atoms with van der Waals surface area (Å²) in [5, 5.41) is 7.21. The van der Waals surface area contributed by atoms with Gasteiger partial charge in [0.05, 0.1) is 0 Å². The molecule has 1 atom stereocenters. The van der Waals surface area contributed by atoms with E-state index in [1.54, 1.807) is 17.5 Å². The van der Waals surface area contributed by atoms with E-state index in [1.165, 1.54) is 5.56 Å². The average Bonchev–Trinajstić information content (AvgIpc) is 3.00. The lowest BCUT2D eigenvalue weighted by molar-refractivity contribution is -0.121. The standard InChI is InChI=1S/C16H20N2OS/c1-13(14-8-10-20-12-14)11-18-16(19)7-4-6-15-5-2-3-9-17-15/h2-3,5,8-10,12-13H,4,6-7,11H2,1H3,(H,18,19). The van der Waals surface area contributed by atoms with Gasteiger partial charge in [-0.05, 0) is 53.3 Å². The molecular formula is C16H20N2OS. The maximum absolute atomic E-state index is 11.8. The minimum absolute atomic E-state index is 0.128. The van der Waals surface area contributed by atoms with Crippen LogP contribution < -0.4 is 5.32 Å². The molecule has 1 amide bonds. The van der Waals surface area contributed by atoms with Gasteiger partial charge in [0.25, 0.3) is 0 Å². The van der Waals surface area contributed by atoms with E-state index >= 15 is 0 Å². The first-order chi connectivity index (χ1) is 9.75. The van der Waals surface area contributed by atoms with Gasteiger partial charge in [0.15, 0.2) is 0 Å². The van der Waals surface area contributed by atoms with Crippen LogP contribution in [0, 0.1) is 0 Å². The van der Waals surface area contributed by atoms with Gasteiger partial charge in [-0.3, -0.25) is 9.78 Å². The summed E-state index contributed by atoms with van der Waals surface area (Å²) in [5.74, 6) is 0.504. The Morgan fingerprint density at radius 1 is 1.40 bits per heavy atom. The molecule has 3 nitrogen and oxygen atoms in total. The van der Waals surface area contributed by atoms with Gasteiger partial charge in [-0.15, -0.1) is 0 Å². The predicted molar refractivity (Wildman–Crippen MR) is 82.9 cm³/mol. The Morgan fingerprint density at radius 3 is 3.00 bits per heavy atom. The number of carbonyl (C=O) groups excluding carboxylic acids is 1. The van der Waals surface area contributed by atoms with Gasteiger partial charge in [0.1, 0.15) is 0 Å². The number of rotatable bonds is 7. The highest BCUT2D eigenvalue weighted by Gasteiger charge is 2.08. The van der Waals surface area contributed by atoms with Crippen LogP contribution in [-0.4, -0.2) is 17.4 Å². The topological polar surface area (TPSA) is 42.0 Å². The van der Waals surface area contributed by atoms with Crippen LogP contribution in [0.5, 0.6) is 0 Å². The van der Waals surface area contributed by atoms with Crippen LogP contribution in [-0.2, 0) is 11.2 Å². The third-order valence-electron chi connectivity index (χ3n) is 3.28. The van der Waals surface area contributed by atoms with Gasteiger partial charge in [-0.25, -0.2) is 0 Å². The maximum Gasteiger partial charge on any atom is 0.220 e. The number of pyridine rings is 1. The van der Waals surface area contributed by atoms with Crippen molar-refractivity contribution in [3.05, 3.63) is 52.5 Å². The normalized spacial score (nSPS) is 12.1. The third-order valence-corrected chi connectivity index (χ3v) is 3.98. The van der Waals surface area contributed by atoms with E-state index in [2.05, 4.69) is 34.1 Å². The number of hydrogen-bond acceptors (Lipinski definition) is 3. The molecule has 1 unspecified atom stereocenters. The van der Waals surface area contributed by atoms with Crippen LogP contribution in [0.3, 0.4) is 0 Å². The van der Waals surface area contributed by atoms with E-state index in [4.69, 9.17) is 0 Å². The van der Waals surface area contributed by atoms with Crippen molar-refractivity contribution in [3.8, 4) is 0 Å². The lowest BCUT2D eigenvalue weighted by Crippen LogP contribution is -2.27. The summed E-state index contributed by atoms with van der Waals surface area (Å²) < 4.78 is 0. The largest absolute Gasteiger partial charge is 0.356 e. The summed E-state index contributed by atoms with van der Waals surface area (Å²) in [4.78, 5) is 16.0. The molecule has 0 radical (unpaired) electrons. The lowest BCUT2D eigenvalue weighted by Gasteiger charge is -2.11. The quantitative estimate of drug-likeness (QED) is 0.848. The molecule has 0 bridgehead atoms. The summed E-state index contributed by atoms with van der Waals surface area (Å²) in [5.41, 5.74) is 2.34. The van der Waals surface area contributed by atoms with Crippen molar-refractivity contribution in [2.45, 2.75) is 32.1 Å². The third kappa shape index (κ3) is 4.78. The fraction of sp³-hybridized carbons (Fsp3) is 0.375. The number of hydrogen-bond donors (Lipinski definition) is 1. The second kappa shape index (κ2) is 7.80. The molecule has 0 aliphatic carbocycles. The Balaban J connectivity index is 1.63. The van der Waals surface area contributed by atoms with Crippen molar-refractivity contribution in [3.63, 3.8) is 0 Å². The second-order valence-corrected chi connectivity index (χ2v) is 5.72. The van der Waals surface area contributed by atoms with Crippen LogP contribution in [0.25, 0.3) is 0 Å². The first-order valence-corrected chi connectivity index (χ1v) is 7.88. The van der Waals surface area contributed by atoms with E-state index in [1.807, 2.05) is 18.2 Å². The number of nitrogens with one attached hydrogen (secondary N) is 1. The Hall–Kier alpha value is -1.68. The monoisotopic (exact) mass is 288 g/mol. The molecule has 4 heteroatoms. The maximum atomic E-state index is 11.8. The highest BCUT2D eigenvalue weighted by atomic mass is 32.1. The van der Waals surface area contributed by atoms with Crippen LogP contribution >= 0.6 is 11.3 Å². The lowest BCUT2D eigenvalue weighted by atomic mass is 10.1. The number of aromatic nitrogens is 1. The number of nitrogens with zero attached hydrogens (tertiary/aromatic N) is 1. The fourth-order valence-electron chi connectivity index (χ4n) is 2.00. The summed E-state index contributed by atoms with van der Waals surface area (Å²) >= 11 is 1.69. The molecule has 0 fully saturated rings. The second-order valence-electron chi connectivity index (χ2n) is 4.94. The average molecular weight is 288 g/mol. The van der Waals surface area contributed by atoms with E-state index < -0.39 is 0 Å². The van der Waals surface area contributed by atoms with E-state index in [0.717, 1.165) is 18.5 Å². The van der Waals surface area contributed by atoms with Crippen molar-refractivity contribution < 1.29 is 4.79 Å². The van der Waals surface area contributed by atoms with Crippen molar-refractivity contribution in [2.75, 3.05) is 6.54 Å². The summed E-state index contributed by atoms with van der Waals surface area (Å²) in [6.45, 7) is 2.84. The Kier molecular flexibility index (Phi) is 5.74. The molecule has 0 saturated carbocycles. The molecular weight excluding hydrogens is 268 g/mol. The van der Waals surface area contributed by atoms with Gasteiger partial charge in [-0.1, -0.05) is 13.0 Å². The molecule has 0 aromatic carbocycles. The van der Waals surface area contributed by atoms with Crippen molar-refractivity contribution >= 4 is 17.2 Å². The van der Waals surface area contributed by atoms with Crippen molar-refractivity contribution in [1.29, 1.82) is 0 Å². The highest BCUT2D eigenvalue weighted by molar-refractivity contribution is 7.07.